The summed E-state index contributed by atoms with van der Waals surface area (Å²) in [4.78, 5) is 43.0. The number of benzene rings is 2. The van der Waals surface area contributed by atoms with Crippen LogP contribution in [0.3, 0.4) is 0 Å². The van der Waals surface area contributed by atoms with Gasteiger partial charge in [0.1, 0.15) is 11.6 Å². The van der Waals surface area contributed by atoms with Crippen LogP contribution in [0.4, 0.5) is 4.79 Å². The van der Waals surface area contributed by atoms with Crippen LogP contribution >= 0.6 is 0 Å². The van der Waals surface area contributed by atoms with Crippen LogP contribution < -0.4 is 16.0 Å². The average Bonchev–Trinajstić information content (AvgIpc) is 2.91. The Bertz CT molecular complexity index is 1200. The van der Waals surface area contributed by atoms with Gasteiger partial charge < -0.3 is 25.8 Å². The largest absolute Gasteiger partial charge is 0.444 e. The highest BCUT2D eigenvalue weighted by atomic mass is 16.6. The van der Waals surface area contributed by atoms with Gasteiger partial charge in [0, 0.05) is 25.4 Å². The first-order valence-electron chi connectivity index (χ1n) is 12.8. The average molecular weight is 533 g/mol. The second-order valence-corrected chi connectivity index (χ2v) is 10.2. The summed E-state index contributed by atoms with van der Waals surface area (Å²) in [5.41, 5.74) is 1.70. The zero-order valence-electron chi connectivity index (χ0n) is 22.5. The maximum atomic E-state index is 13.5. The number of carbonyl (C=O) groups excluding carboxylic acids is 3. The molecule has 1 unspecified atom stereocenters. The van der Waals surface area contributed by atoms with Crippen molar-refractivity contribution >= 4 is 17.9 Å². The fourth-order valence-corrected chi connectivity index (χ4v) is 3.88. The Kier molecular flexibility index (Phi) is 10.6. The number of aliphatic hydroxyl groups is 1. The highest BCUT2D eigenvalue weighted by molar-refractivity contribution is 5.88. The van der Waals surface area contributed by atoms with E-state index in [9.17, 15) is 19.5 Å². The van der Waals surface area contributed by atoms with Crippen molar-refractivity contribution in [2.75, 3.05) is 0 Å². The first-order valence-corrected chi connectivity index (χ1v) is 12.8. The van der Waals surface area contributed by atoms with E-state index in [2.05, 4.69) is 20.9 Å². The highest BCUT2D eigenvalue weighted by Crippen LogP contribution is 2.11. The van der Waals surface area contributed by atoms with E-state index in [0.29, 0.717) is 0 Å². The summed E-state index contributed by atoms with van der Waals surface area (Å²) in [5.74, 6) is -1.18. The molecule has 1 heterocycles. The van der Waals surface area contributed by atoms with Gasteiger partial charge in [0.25, 0.3) is 5.91 Å². The molecule has 0 saturated heterocycles. The van der Waals surface area contributed by atoms with Gasteiger partial charge in [-0.25, -0.2) is 4.79 Å². The van der Waals surface area contributed by atoms with E-state index in [1.807, 2.05) is 60.7 Å². The number of hydrogen-bond donors (Lipinski definition) is 4. The van der Waals surface area contributed by atoms with Gasteiger partial charge in [-0.3, -0.25) is 14.6 Å². The number of aromatic nitrogens is 1. The number of rotatable bonds is 11. The molecule has 0 bridgehead atoms. The van der Waals surface area contributed by atoms with Gasteiger partial charge in [-0.15, -0.1) is 0 Å². The molecule has 0 spiro atoms. The van der Waals surface area contributed by atoms with Gasteiger partial charge in [0.2, 0.25) is 5.91 Å². The number of amides is 3. The lowest BCUT2D eigenvalue weighted by molar-refractivity contribution is -0.132. The zero-order chi connectivity index (χ0) is 28.3. The fourth-order valence-electron chi connectivity index (χ4n) is 3.88. The Morgan fingerprint density at radius 1 is 0.795 bits per heavy atom. The molecule has 3 aromatic rings. The van der Waals surface area contributed by atoms with Crippen molar-refractivity contribution in [3.8, 4) is 0 Å². The van der Waals surface area contributed by atoms with Crippen LogP contribution in [-0.2, 0) is 33.7 Å². The van der Waals surface area contributed by atoms with Crippen molar-refractivity contribution in [3.63, 3.8) is 0 Å². The van der Waals surface area contributed by atoms with Crippen molar-refractivity contribution in [3.05, 3.63) is 102 Å². The van der Waals surface area contributed by atoms with Crippen LogP contribution in [0.25, 0.3) is 0 Å². The Balaban J connectivity index is 1.78. The standard InChI is InChI=1S/C30H36N4O5/c1-30(2,3)39-29(38)34-25(19-22-14-16-31-17-15-22)27(36)33-24(18-21-10-6-4-7-11-21)26(35)28(37)32-20-23-12-8-5-9-13-23/h4-17,24-26,35H,18-20H2,1-3H3,(H,32,37)(H,33,36)(H,34,38)/t24-,25?,26-/m0/s1. The third-order valence-corrected chi connectivity index (χ3v) is 5.78. The van der Waals surface area contributed by atoms with Crippen molar-refractivity contribution in [2.45, 2.75) is 63.9 Å². The molecule has 39 heavy (non-hydrogen) atoms. The fraction of sp³-hybridized carbons (Fsp3) is 0.333. The molecule has 206 valence electrons. The van der Waals surface area contributed by atoms with Crippen LogP contribution in [-0.4, -0.2) is 51.8 Å². The number of ether oxygens (including phenoxy) is 1. The maximum absolute atomic E-state index is 13.5. The molecule has 0 aliphatic heterocycles. The number of aliphatic hydroxyl groups excluding tert-OH is 1. The second kappa shape index (κ2) is 14.1. The molecule has 0 saturated carbocycles. The van der Waals surface area contributed by atoms with Gasteiger partial charge in [-0.05, 0) is 56.0 Å². The summed E-state index contributed by atoms with van der Waals surface area (Å²) in [6.45, 7) is 5.41. The van der Waals surface area contributed by atoms with Crippen LogP contribution in [0.1, 0.15) is 37.5 Å². The molecule has 4 N–H and O–H groups in total. The van der Waals surface area contributed by atoms with E-state index in [-0.39, 0.29) is 19.4 Å². The molecule has 0 aliphatic rings. The topological polar surface area (TPSA) is 130 Å². The third kappa shape index (κ3) is 10.2. The molecule has 9 heteroatoms. The third-order valence-electron chi connectivity index (χ3n) is 5.78. The zero-order valence-corrected chi connectivity index (χ0v) is 22.5. The molecule has 0 radical (unpaired) electrons. The van der Waals surface area contributed by atoms with Gasteiger partial charge in [0.05, 0.1) is 6.04 Å². The molecular weight excluding hydrogens is 496 g/mol. The minimum absolute atomic E-state index is 0.155. The number of nitrogens with zero attached hydrogens (tertiary/aromatic N) is 1. The Hall–Kier alpha value is -4.24. The summed E-state index contributed by atoms with van der Waals surface area (Å²) >= 11 is 0. The minimum atomic E-state index is -1.54. The first kappa shape index (κ1) is 29.3. The van der Waals surface area contributed by atoms with Crippen LogP contribution in [0.2, 0.25) is 0 Å². The van der Waals surface area contributed by atoms with Crippen LogP contribution in [0.5, 0.6) is 0 Å². The molecular formula is C30H36N4O5. The molecule has 3 rings (SSSR count). The van der Waals surface area contributed by atoms with E-state index in [4.69, 9.17) is 4.74 Å². The van der Waals surface area contributed by atoms with Crippen molar-refractivity contribution < 1.29 is 24.2 Å². The number of pyridine rings is 1. The number of nitrogens with one attached hydrogen (secondary N) is 3. The number of alkyl carbamates (subject to hydrolysis) is 1. The number of carbonyl (C=O) groups is 3. The van der Waals surface area contributed by atoms with E-state index >= 15 is 0 Å². The summed E-state index contributed by atoms with van der Waals surface area (Å²) in [6, 6.07) is 20.0. The summed E-state index contributed by atoms with van der Waals surface area (Å²) < 4.78 is 5.36. The Labute approximate surface area is 229 Å². The van der Waals surface area contributed by atoms with Gasteiger partial charge in [-0.2, -0.15) is 0 Å². The minimum Gasteiger partial charge on any atom is -0.444 e. The van der Waals surface area contributed by atoms with Crippen molar-refractivity contribution in [1.82, 2.24) is 20.9 Å². The van der Waals surface area contributed by atoms with Crippen LogP contribution in [0, 0.1) is 0 Å². The lowest BCUT2D eigenvalue weighted by Gasteiger charge is -2.27. The lowest BCUT2D eigenvalue weighted by atomic mass is 9.99. The maximum Gasteiger partial charge on any atom is 0.408 e. The van der Waals surface area contributed by atoms with Crippen molar-refractivity contribution in [2.24, 2.45) is 0 Å². The quantitative estimate of drug-likeness (QED) is 0.301. The predicted octanol–water partition coefficient (Wildman–Crippen LogP) is 2.92. The molecule has 9 nitrogen and oxygen atoms in total. The molecule has 3 amide bonds. The summed E-state index contributed by atoms with van der Waals surface area (Å²) in [7, 11) is 0. The molecule has 0 aliphatic carbocycles. The van der Waals surface area contributed by atoms with Gasteiger partial charge in [-0.1, -0.05) is 60.7 Å². The normalized spacial score (nSPS) is 13.4. The second-order valence-electron chi connectivity index (χ2n) is 10.2. The predicted molar refractivity (Wildman–Crippen MR) is 147 cm³/mol. The highest BCUT2D eigenvalue weighted by Gasteiger charge is 2.31. The van der Waals surface area contributed by atoms with E-state index in [1.165, 1.54) is 0 Å². The lowest BCUT2D eigenvalue weighted by Crippen LogP contribution is -2.57. The van der Waals surface area contributed by atoms with E-state index < -0.39 is 41.7 Å². The first-order chi connectivity index (χ1) is 18.6. The molecule has 3 atom stereocenters. The van der Waals surface area contributed by atoms with E-state index in [1.54, 1.807) is 45.3 Å². The summed E-state index contributed by atoms with van der Waals surface area (Å²) in [5, 5.41) is 19.2. The van der Waals surface area contributed by atoms with E-state index in [0.717, 1.165) is 16.7 Å². The monoisotopic (exact) mass is 532 g/mol. The summed E-state index contributed by atoms with van der Waals surface area (Å²) in [6.07, 6.45) is 1.25. The van der Waals surface area contributed by atoms with Gasteiger partial charge in [0.15, 0.2) is 6.10 Å². The molecule has 1 aromatic heterocycles. The van der Waals surface area contributed by atoms with Gasteiger partial charge >= 0.3 is 6.09 Å². The SMILES string of the molecule is CC(C)(C)OC(=O)NC(Cc1ccncc1)C(=O)N[C@@H](Cc1ccccc1)[C@H](O)C(=O)NCc1ccccc1. The Morgan fingerprint density at radius 2 is 1.36 bits per heavy atom. The molecule has 2 aromatic carbocycles. The van der Waals surface area contributed by atoms with Crippen LogP contribution in [0.15, 0.2) is 85.2 Å². The van der Waals surface area contributed by atoms with Crippen molar-refractivity contribution in [1.29, 1.82) is 0 Å². The number of hydrogen-bond acceptors (Lipinski definition) is 6. The Morgan fingerprint density at radius 3 is 1.95 bits per heavy atom. The smallest absolute Gasteiger partial charge is 0.408 e. The molecule has 0 fully saturated rings.